The molecule has 3 rings (SSSR count). The van der Waals surface area contributed by atoms with E-state index in [1.54, 1.807) is 6.20 Å². The second-order valence-corrected chi connectivity index (χ2v) is 4.83. The maximum Gasteiger partial charge on any atom is 0.136 e. The second-order valence-electron chi connectivity index (χ2n) is 4.83. The molecule has 0 spiro atoms. The van der Waals surface area contributed by atoms with Crippen LogP contribution in [0.3, 0.4) is 0 Å². The maximum absolute atomic E-state index is 6.10. The summed E-state index contributed by atoms with van der Waals surface area (Å²) in [6, 6.07) is 18.3. The number of hydrogen-bond donors (Lipinski definition) is 0. The molecule has 0 fully saturated rings. The largest absolute Gasteiger partial charge is 0.488 e. The summed E-state index contributed by atoms with van der Waals surface area (Å²) in [4.78, 5) is 4.39. The van der Waals surface area contributed by atoms with Gasteiger partial charge < -0.3 is 4.74 Å². The minimum absolute atomic E-state index is 0.555. The maximum atomic E-state index is 6.10. The lowest BCUT2D eigenvalue weighted by atomic mass is 10.1. The van der Waals surface area contributed by atoms with E-state index in [1.165, 1.54) is 0 Å². The summed E-state index contributed by atoms with van der Waals surface area (Å²) in [5.74, 6) is 0.891. The lowest BCUT2D eigenvalue weighted by molar-refractivity contribution is 0.309. The summed E-state index contributed by atoms with van der Waals surface area (Å²) in [7, 11) is 0. The monoisotopic (exact) mass is 275 g/mol. The molecular weight excluding hydrogens is 258 g/mol. The van der Waals surface area contributed by atoms with Crippen LogP contribution in [0.2, 0.25) is 0 Å². The van der Waals surface area contributed by atoms with Crippen molar-refractivity contribution >= 4 is 17.0 Å². The van der Waals surface area contributed by atoms with Gasteiger partial charge in [0.2, 0.25) is 0 Å². The average Bonchev–Trinajstić information content (AvgIpc) is 2.55. The zero-order chi connectivity index (χ0) is 14.5. The van der Waals surface area contributed by atoms with E-state index < -0.39 is 0 Å². The molecule has 2 aromatic carbocycles. The molecule has 3 aromatic rings. The summed E-state index contributed by atoms with van der Waals surface area (Å²) in [6.07, 6.45) is 5.89. The van der Waals surface area contributed by atoms with E-state index in [1.807, 2.05) is 43.3 Å². The van der Waals surface area contributed by atoms with Gasteiger partial charge in [-0.3, -0.25) is 4.98 Å². The fourth-order valence-corrected chi connectivity index (χ4v) is 2.34. The van der Waals surface area contributed by atoms with Crippen molar-refractivity contribution in [1.29, 1.82) is 0 Å². The Morgan fingerprint density at radius 3 is 2.67 bits per heavy atom. The Morgan fingerprint density at radius 1 is 1.00 bits per heavy atom. The molecule has 0 saturated carbocycles. The molecule has 1 heterocycles. The predicted octanol–water partition coefficient (Wildman–Crippen LogP) is 4.85. The van der Waals surface area contributed by atoms with Crippen LogP contribution >= 0.6 is 0 Å². The van der Waals surface area contributed by atoms with Crippen molar-refractivity contribution in [2.24, 2.45) is 0 Å². The molecule has 0 bridgehead atoms. The van der Waals surface area contributed by atoms with E-state index in [4.69, 9.17) is 4.74 Å². The highest BCUT2D eigenvalue weighted by Crippen LogP contribution is 2.30. The zero-order valence-electron chi connectivity index (χ0n) is 12.0. The second kappa shape index (κ2) is 6.23. The molecule has 0 amide bonds. The van der Waals surface area contributed by atoms with Crippen molar-refractivity contribution in [2.45, 2.75) is 13.5 Å². The van der Waals surface area contributed by atoms with Gasteiger partial charge in [-0.2, -0.15) is 0 Å². The van der Waals surface area contributed by atoms with E-state index in [0.29, 0.717) is 6.61 Å². The van der Waals surface area contributed by atoms with Gasteiger partial charge in [0, 0.05) is 17.1 Å². The van der Waals surface area contributed by atoms with Crippen LogP contribution in [0, 0.1) is 0 Å². The molecule has 0 aliphatic carbocycles. The molecular formula is C19H17NO. The van der Waals surface area contributed by atoms with Gasteiger partial charge in [-0.15, -0.1) is 0 Å². The predicted molar refractivity (Wildman–Crippen MR) is 87.2 cm³/mol. The average molecular weight is 275 g/mol. The molecule has 0 atom stereocenters. The third-order valence-electron chi connectivity index (χ3n) is 3.34. The van der Waals surface area contributed by atoms with Crippen LogP contribution in [0.5, 0.6) is 5.75 Å². The summed E-state index contributed by atoms with van der Waals surface area (Å²) < 4.78 is 6.10. The molecule has 104 valence electrons. The van der Waals surface area contributed by atoms with E-state index in [0.717, 1.165) is 27.8 Å². The van der Waals surface area contributed by atoms with E-state index in [-0.39, 0.29) is 0 Å². The van der Waals surface area contributed by atoms with Crippen molar-refractivity contribution in [1.82, 2.24) is 4.98 Å². The van der Waals surface area contributed by atoms with Crippen LogP contribution in [-0.2, 0) is 6.61 Å². The van der Waals surface area contributed by atoms with Crippen LogP contribution in [0.4, 0.5) is 0 Å². The first-order valence-electron chi connectivity index (χ1n) is 7.05. The molecule has 0 aliphatic heterocycles. The Labute approximate surface area is 124 Å². The molecule has 0 unspecified atom stereocenters. The van der Waals surface area contributed by atoms with Gasteiger partial charge in [0.1, 0.15) is 12.4 Å². The first-order valence-corrected chi connectivity index (χ1v) is 7.05. The standard InChI is InChI=1S/C19H17NO/c1-2-7-16-11-12-18-17(10-6-13-20-18)19(16)21-14-15-8-4-3-5-9-15/h2-13H,14H2,1H3/b7-2+. The van der Waals surface area contributed by atoms with E-state index >= 15 is 0 Å². The minimum atomic E-state index is 0.555. The number of rotatable bonds is 4. The first kappa shape index (κ1) is 13.4. The Balaban J connectivity index is 2.00. The highest BCUT2D eigenvalue weighted by atomic mass is 16.5. The van der Waals surface area contributed by atoms with Gasteiger partial charge in [-0.25, -0.2) is 0 Å². The molecule has 0 N–H and O–H groups in total. The van der Waals surface area contributed by atoms with Crippen LogP contribution in [0.1, 0.15) is 18.1 Å². The lowest BCUT2D eigenvalue weighted by Crippen LogP contribution is -1.98. The molecule has 0 aliphatic rings. The highest BCUT2D eigenvalue weighted by molar-refractivity contribution is 5.89. The quantitative estimate of drug-likeness (QED) is 0.679. The highest BCUT2D eigenvalue weighted by Gasteiger charge is 2.08. The zero-order valence-corrected chi connectivity index (χ0v) is 12.0. The van der Waals surface area contributed by atoms with Crippen LogP contribution in [0.25, 0.3) is 17.0 Å². The summed E-state index contributed by atoms with van der Waals surface area (Å²) >= 11 is 0. The van der Waals surface area contributed by atoms with Crippen LogP contribution in [0.15, 0.2) is 66.9 Å². The first-order chi connectivity index (χ1) is 10.4. The third-order valence-corrected chi connectivity index (χ3v) is 3.34. The van der Waals surface area contributed by atoms with Crippen molar-refractivity contribution in [3.05, 3.63) is 78.0 Å². The fourth-order valence-electron chi connectivity index (χ4n) is 2.34. The van der Waals surface area contributed by atoms with E-state index in [9.17, 15) is 0 Å². The number of pyridine rings is 1. The van der Waals surface area contributed by atoms with Gasteiger partial charge in [0.05, 0.1) is 5.52 Å². The summed E-state index contributed by atoms with van der Waals surface area (Å²) in [5, 5.41) is 1.05. The van der Waals surface area contributed by atoms with Crippen molar-refractivity contribution in [2.75, 3.05) is 0 Å². The number of allylic oxidation sites excluding steroid dienone is 1. The topological polar surface area (TPSA) is 22.1 Å². The lowest BCUT2D eigenvalue weighted by Gasteiger charge is -2.12. The van der Waals surface area contributed by atoms with Gasteiger partial charge in [0.15, 0.2) is 0 Å². The van der Waals surface area contributed by atoms with Crippen LogP contribution in [-0.4, -0.2) is 4.98 Å². The number of benzene rings is 2. The Kier molecular flexibility index (Phi) is 3.97. The molecule has 0 saturated heterocycles. The molecule has 2 nitrogen and oxygen atoms in total. The third kappa shape index (κ3) is 2.95. The number of ether oxygens (including phenoxy) is 1. The molecule has 21 heavy (non-hydrogen) atoms. The number of aromatic nitrogens is 1. The molecule has 2 heteroatoms. The fraction of sp³-hybridized carbons (Fsp3) is 0.105. The van der Waals surface area contributed by atoms with Crippen molar-refractivity contribution < 1.29 is 4.74 Å². The number of fused-ring (bicyclic) bond motifs is 1. The van der Waals surface area contributed by atoms with E-state index in [2.05, 4.69) is 35.3 Å². The van der Waals surface area contributed by atoms with Gasteiger partial charge in [-0.05, 0) is 36.8 Å². The smallest absolute Gasteiger partial charge is 0.136 e. The SMILES string of the molecule is C/C=C/c1ccc2ncccc2c1OCc1ccccc1. The molecule has 0 radical (unpaired) electrons. The van der Waals surface area contributed by atoms with Gasteiger partial charge >= 0.3 is 0 Å². The Morgan fingerprint density at radius 2 is 1.86 bits per heavy atom. The number of hydrogen-bond acceptors (Lipinski definition) is 2. The van der Waals surface area contributed by atoms with Gasteiger partial charge in [-0.1, -0.05) is 42.5 Å². The Hall–Kier alpha value is -2.61. The normalized spacial score (nSPS) is 11.1. The van der Waals surface area contributed by atoms with Crippen LogP contribution < -0.4 is 4.74 Å². The van der Waals surface area contributed by atoms with Crippen molar-refractivity contribution in [3.8, 4) is 5.75 Å². The van der Waals surface area contributed by atoms with Gasteiger partial charge in [0.25, 0.3) is 0 Å². The van der Waals surface area contributed by atoms with Crippen molar-refractivity contribution in [3.63, 3.8) is 0 Å². The molecule has 1 aromatic heterocycles. The number of nitrogens with zero attached hydrogens (tertiary/aromatic N) is 1. The Bertz CT molecular complexity index is 763. The minimum Gasteiger partial charge on any atom is -0.488 e. The summed E-state index contributed by atoms with van der Waals surface area (Å²) in [5.41, 5.74) is 3.19. The summed E-state index contributed by atoms with van der Waals surface area (Å²) in [6.45, 7) is 2.56.